The number of rotatable bonds is 5. The standard InChI is InChI=1S/C11H22N2O/c1-8(2)7-11(10(4)14)9(3)12-13(5)6/h8,12H,7H2,1-6H3. The van der Waals surface area contributed by atoms with Gasteiger partial charge >= 0.3 is 0 Å². The summed E-state index contributed by atoms with van der Waals surface area (Å²) in [5, 5.41) is 1.85. The van der Waals surface area contributed by atoms with Crippen molar-refractivity contribution < 1.29 is 4.79 Å². The molecule has 0 spiro atoms. The molecule has 0 aromatic carbocycles. The van der Waals surface area contributed by atoms with E-state index < -0.39 is 0 Å². The third kappa shape index (κ3) is 5.02. The Morgan fingerprint density at radius 3 is 2.07 bits per heavy atom. The van der Waals surface area contributed by atoms with Crippen molar-refractivity contribution in [2.75, 3.05) is 14.1 Å². The van der Waals surface area contributed by atoms with E-state index in [0.29, 0.717) is 5.92 Å². The minimum Gasteiger partial charge on any atom is -0.323 e. The molecule has 0 aliphatic heterocycles. The Labute approximate surface area is 87.1 Å². The van der Waals surface area contributed by atoms with Crippen LogP contribution in [-0.2, 0) is 4.79 Å². The first-order chi connectivity index (χ1) is 6.34. The van der Waals surface area contributed by atoms with Gasteiger partial charge in [0, 0.05) is 25.4 Å². The summed E-state index contributed by atoms with van der Waals surface area (Å²) in [7, 11) is 3.83. The third-order valence-corrected chi connectivity index (χ3v) is 1.88. The Morgan fingerprint density at radius 2 is 1.79 bits per heavy atom. The van der Waals surface area contributed by atoms with Crippen LogP contribution in [0.15, 0.2) is 11.3 Å². The van der Waals surface area contributed by atoms with Crippen molar-refractivity contribution >= 4 is 5.78 Å². The molecule has 82 valence electrons. The second-order valence-corrected chi connectivity index (χ2v) is 4.26. The monoisotopic (exact) mass is 198 g/mol. The van der Waals surface area contributed by atoms with Crippen LogP contribution in [0.25, 0.3) is 0 Å². The number of ketones is 1. The van der Waals surface area contributed by atoms with E-state index in [0.717, 1.165) is 17.7 Å². The first kappa shape index (κ1) is 13.2. The number of carbonyl (C=O) groups excluding carboxylic acids is 1. The maximum atomic E-state index is 11.4. The molecule has 1 N–H and O–H groups in total. The van der Waals surface area contributed by atoms with Crippen LogP contribution in [0.5, 0.6) is 0 Å². The van der Waals surface area contributed by atoms with Gasteiger partial charge in [0.2, 0.25) is 0 Å². The normalized spacial score (nSPS) is 13.1. The van der Waals surface area contributed by atoms with Crippen LogP contribution < -0.4 is 5.43 Å². The molecule has 3 heteroatoms. The Morgan fingerprint density at radius 1 is 1.29 bits per heavy atom. The summed E-state index contributed by atoms with van der Waals surface area (Å²) in [6.07, 6.45) is 0.835. The fourth-order valence-corrected chi connectivity index (χ4v) is 1.37. The zero-order valence-corrected chi connectivity index (χ0v) is 10.1. The molecule has 0 saturated carbocycles. The summed E-state index contributed by atoms with van der Waals surface area (Å²) in [4.78, 5) is 11.4. The van der Waals surface area contributed by atoms with Crippen molar-refractivity contribution in [3.63, 3.8) is 0 Å². The molecule has 14 heavy (non-hydrogen) atoms. The molecule has 0 heterocycles. The van der Waals surface area contributed by atoms with Gasteiger partial charge in [-0.15, -0.1) is 0 Å². The topological polar surface area (TPSA) is 32.3 Å². The minimum atomic E-state index is 0.158. The van der Waals surface area contributed by atoms with Crippen molar-refractivity contribution in [1.29, 1.82) is 0 Å². The predicted octanol–water partition coefficient (Wildman–Crippen LogP) is 1.96. The van der Waals surface area contributed by atoms with Crippen LogP contribution in [0.2, 0.25) is 0 Å². The molecule has 0 fully saturated rings. The number of nitrogens with one attached hydrogen (secondary N) is 1. The maximum Gasteiger partial charge on any atom is 0.157 e. The Balaban J connectivity index is 4.67. The molecule has 0 aliphatic carbocycles. The zero-order valence-electron chi connectivity index (χ0n) is 10.1. The Bertz CT molecular complexity index is 229. The van der Waals surface area contributed by atoms with Gasteiger partial charge in [0.25, 0.3) is 0 Å². The first-order valence-electron chi connectivity index (χ1n) is 4.99. The van der Waals surface area contributed by atoms with Crippen molar-refractivity contribution in [3.8, 4) is 0 Å². The summed E-state index contributed by atoms with van der Waals surface area (Å²) < 4.78 is 0. The van der Waals surface area contributed by atoms with Gasteiger partial charge in [0.05, 0.1) is 0 Å². The highest BCUT2D eigenvalue weighted by Crippen LogP contribution is 2.14. The van der Waals surface area contributed by atoms with Crippen LogP contribution >= 0.6 is 0 Å². The van der Waals surface area contributed by atoms with Gasteiger partial charge in [-0.1, -0.05) is 13.8 Å². The van der Waals surface area contributed by atoms with Gasteiger partial charge in [-0.3, -0.25) is 4.79 Å². The molecule has 3 nitrogen and oxygen atoms in total. The highest BCUT2D eigenvalue weighted by atomic mass is 16.1. The van der Waals surface area contributed by atoms with Gasteiger partial charge in [-0.05, 0) is 26.2 Å². The van der Waals surface area contributed by atoms with Crippen LogP contribution in [0, 0.1) is 5.92 Å². The summed E-state index contributed by atoms with van der Waals surface area (Å²) in [5.74, 6) is 0.665. The molecule has 0 aromatic heterocycles. The fraction of sp³-hybridized carbons (Fsp3) is 0.727. The number of hydrogen-bond donors (Lipinski definition) is 1. The SMILES string of the molecule is CC(=O)C(CC(C)C)=C(C)NN(C)C. The molecule has 0 bridgehead atoms. The molecule has 0 aromatic rings. The van der Waals surface area contributed by atoms with Crippen LogP contribution in [0.1, 0.15) is 34.1 Å². The molecule has 0 unspecified atom stereocenters. The van der Waals surface area contributed by atoms with Crippen LogP contribution in [-0.4, -0.2) is 24.9 Å². The number of hydrazine groups is 1. The quantitative estimate of drug-likeness (QED) is 0.541. The predicted molar refractivity (Wildman–Crippen MR) is 59.7 cm³/mol. The van der Waals surface area contributed by atoms with Gasteiger partial charge in [-0.2, -0.15) is 0 Å². The van der Waals surface area contributed by atoms with E-state index in [9.17, 15) is 4.79 Å². The number of Topliss-reactive ketones (excluding diaryl/α,β-unsaturated/α-hetero) is 1. The van der Waals surface area contributed by atoms with Gasteiger partial charge in [0.1, 0.15) is 0 Å². The fourth-order valence-electron chi connectivity index (χ4n) is 1.37. The second kappa shape index (κ2) is 5.81. The third-order valence-electron chi connectivity index (χ3n) is 1.88. The number of carbonyl (C=O) groups is 1. The highest BCUT2D eigenvalue weighted by Gasteiger charge is 2.10. The average molecular weight is 198 g/mol. The lowest BCUT2D eigenvalue weighted by molar-refractivity contribution is -0.113. The summed E-state index contributed by atoms with van der Waals surface area (Å²) >= 11 is 0. The van der Waals surface area contributed by atoms with Crippen molar-refractivity contribution in [3.05, 3.63) is 11.3 Å². The van der Waals surface area contributed by atoms with Gasteiger partial charge in [-0.25, -0.2) is 5.01 Å². The van der Waals surface area contributed by atoms with Gasteiger partial charge < -0.3 is 5.43 Å². The molecule has 0 radical (unpaired) electrons. The smallest absolute Gasteiger partial charge is 0.157 e. The van der Waals surface area contributed by atoms with E-state index in [1.54, 1.807) is 6.92 Å². The molecule has 0 aliphatic rings. The summed E-state index contributed by atoms with van der Waals surface area (Å²) in [5.41, 5.74) is 4.97. The number of allylic oxidation sites excluding steroid dienone is 2. The maximum absolute atomic E-state index is 11.4. The number of nitrogens with zero attached hydrogens (tertiary/aromatic N) is 1. The highest BCUT2D eigenvalue weighted by molar-refractivity contribution is 5.93. The lowest BCUT2D eigenvalue weighted by atomic mass is 9.99. The largest absolute Gasteiger partial charge is 0.323 e. The van der Waals surface area contributed by atoms with E-state index in [-0.39, 0.29) is 5.78 Å². The molecule has 0 saturated heterocycles. The molecular weight excluding hydrogens is 176 g/mol. The lowest BCUT2D eigenvalue weighted by Crippen LogP contribution is -2.30. The zero-order chi connectivity index (χ0) is 11.3. The molecule has 0 atom stereocenters. The second-order valence-electron chi connectivity index (χ2n) is 4.26. The summed E-state index contributed by atoms with van der Waals surface area (Å²) in [6.45, 7) is 7.80. The van der Waals surface area contributed by atoms with E-state index in [1.807, 2.05) is 26.0 Å². The van der Waals surface area contributed by atoms with E-state index in [4.69, 9.17) is 0 Å². The first-order valence-corrected chi connectivity index (χ1v) is 4.99. The molecular formula is C11H22N2O. The van der Waals surface area contributed by atoms with Gasteiger partial charge in [0.15, 0.2) is 5.78 Å². The van der Waals surface area contributed by atoms with Crippen molar-refractivity contribution in [1.82, 2.24) is 10.4 Å². The Kier molecular flexibility index (Phi) is 5.46. The van der Waals surface area contributed by atoms with Crippen molar-refractivity contribution in [2.45, 2.75) is 34.1 Å². The van der Waals surface area contributed by atoms with Crippen LogP contribution in [0.4, 0.5) is 0 Å². The minimum absolute atomic E-state index is 0.158. The van der Waals surface area contributed by atoms with E-state index >= 15 is 0 Å². The van der Waals surface area contributed by atoms with Crippen LogP contribution in [0.3, 0.4) is 0 Å². The lowest BCUT2D eigenvalue weighted by Gasteiger charge is -2.18. The number of hydrogen-bond acceptors (Lipinski definition) is 3. The van der Waals surface area contributed by atoms with E-state index in [2.05, 4.69) is 19.3 Å². The Hall–Kier alpha value is -0.830. The van der Waals surface area contributed by atoms with E-state index in [1.165, 1.54) is 0 Å². The molecule has 0 rings (SSSR count). The average Bonchev–Trinajstić information content (AvgIpc) is 1.97. The summed E-state index contributed by atoms with van der Waals surface area (Å²) in [6, 6.07) is 0. The van der Waals surface area contributed by atoms with Crippen molar-refractivity contribution in [2.24, 2.45) is 5.92 Å². The molecule has 0 amide bonds.